The Kier molecular flexibility index (Phi) is 4.45. The number of anilines is 2. The first-order chi connectivity index (χ1) is 13.4. The van der Waals surface area contributed by atoms with Crippen molar-refractivity contribution in [3.8, 4) is 0 Å². The van der Waals surface area contributed by atoms with Crippen LogP contribution < -0.4 is 10.2 Å². The van der Waals surface area contributed by atoms with E-state index in [0.29, 0.717) is 16.8 Å². The molecule has 4 rings (SSSR count). The van der Waals surface area contributed by atoms with Crippen molar-refractivity contribution in [2.24, 2.45) is 7.05 Å². The van der Waals surface area contributed by atoms with Crippen molar-refractivity contribution >= 4 is 29.0 Å². The molecule has 0 radical (unpaired) electrons. The van der Waals surface area contributed by atoms with Gasteiger partial charge in [-0.25, -0.2) is 4.79 Å². The number of aryl methyl sites for hydroxylation is 1. The molecule has 1 saturated heterocycles. The second-order valence-corrected chi connectivity index (χ2v) is 7.42. The van der Waals surface area contributed by atoms with E-state index in [2.05, 4.69) is 10.2 Å². The van der Waals surface area contributed by atoms with Gasteiger partial charge in [0.25, 0.3) is 0 Å². The fraction of sp³-hybridized carbons (Fsp3) is 0.381. The number of hydrogen-bond acceptors (Lipinski definition) is 5. The second-order valence-electron chi connectivity index (χ2n) is 7.42. The van der Waals surface area contributed by atoms with E-state index >= 15 is 0 Å². The molecule has 1 N–H and O–H groups in total. The van der Waals surface area contributed by atoms with Crippen LogP contribution in [-0.2, 0) is 16.6 Å². The summed E-state index contributed by atoms with van der Waals surface area (Å²) >= 11 is 0. The molecule has 0 bridgehead atoms. The summed E-state index contributed by atoms with van der Waals surface area (Å²) in [5.74, 6) is -0.861. The minimum absolute atomic E-state index is 0.0411. The lowest BCUT2D eigenvalue weighted by Gasteiger charge is -2.33. The molecule has 2 aliphatic rings. The maximum Gasteiger partial charge on any atom is 0.338 e. The van der Waals surface area contributed by atoms with Crippen LogP contribution in [0.15, 0.2) is 24.3 Å². The second kappa shape index (κ2) is 6.82. The zero-order valence-electron chi connectivity index (χ0n) is 16.2. The third-order valence-electron chi connectivity index (χ3n) is 5.76. The maximum atomic E-state index is 12.4. The molecule has 7 heteroatoms. The number of nitrogens with one attached hydrogen (secondary N) is 1. The minimum atomic E-state index is -0.584. The summed E-state index contributed by atoms with van der Waals surface area (Å²) in [6, 6.07) is 6.80. The fourth-order valence-corrected chi connectivity index (χ4v) is 3.99. The number of fused-ring (bicyclic) bond motifs is 3. The van der Waals surface area contributed by atoms with E-state index in [1.54, 1.807) is 18.2 Å². The summed E-state index contributed by atoms with van der Waals surface area (Å²) in [6.07, 6.45) is 1.82. The lowest BCUT2D eigenvalue weighted by atomic mass is 10.1. The summed E-state index contributed by atoms with van der Waals surface area (Å²) in [6.45, 7) is 4.29. The van der Waals surface area contributed by atoms with E-state index in [4.69, 9.17) is 4.74 Å². The number of amides is 1. The molecule has 1 amide bonds. The van der Waals surface area contributed by atoms with E-state index in [9.17, 15) is 14.4 Å². The molecule has 2 aliphatic heterocycles. The highest BCUT2D eigenvalue weighted by molar-refractivity contribution is 6.06. The van der Waals surface area contributed by atoms with Crippen molar-refractivity contribution in [3.63, 3.8) is 0 Å². The Labute approximate surface area is 163 Å². The van der Waals surface area contributed by atoms with E-state index < -0.39 is 5.97 Å². The summed E-state index contributed by atoms with van der Waals surface area (Å²) in [5, 5.41) is 2.88. The van der Waals surface area contributed by atoms with Crippen molar-refractivity contribution in [2.45, 2.75) is 32.7 Å². The third-order valence-corrected chi connectivity index (χ3v) is 5.76. The highest BCUT2D eigenvalue weighted by atomic mass is 16.5. The smallest absolute Gasteiger partial charge is 0.338 e. The lowest BCUT2D eigenvalue weighted by molar-refractivity contribution is -0.117. The standard InChI is InChI=1S/C21H23N3O4/c1-12-9-15(13(2)23(12)3)19(25)11-28-21(27)14-6-7-17-16(10-14)22-20(26)18-5-4-8-24(17)18/h6-7,9-10,18H,4-5,8,11H2,1-3H3,(H,22,26)/t18-/m0/s1. The topological polar surface area (TPSA) is 80.6 Å². The molecule has 28 heavy (non-hydrogen) atoms. The highest BCUT2D eigenvalue weighted by Crippen LogP contribution is 2.37. The molecular weight excluding hydrogens is 358 g/mol. The normalized spacial score (nSPS) is 17.8. The zero-order chi connectivity index (χ0) is 20.0. The Balaban J connectivity index is 1.47. The number of carbonyl (C=O) groups is 3. The summed E-state index contributed by atoms with van der Waals surface area (Å²) < 4.78 is 7.15. The van der Waals surface area contributed by atoms with E-state index in [1.165, 1.54) is 0 Å². The number of ether oxygens (including phenoxy) is 1. The van der Waals surface area contributed by atoms with Gasteiger partial charge >= 0.3 is 5.97 Å². The Morgan fingerprint density at radius 1 is 1.25 bits per heavy atom. The molecule has 7 nitrogen and oxygen atoms in total. The van der Waals surface area contributed by atoms with Gasteiger partial charge in [0.05, 0.1) is 16.9 Å². The van der Waals surface area contributed by atoms with Gasteiger partial charge < -0.3 is 19.5 Å². The Hall–Kier alpha value is -3.09. The number of carbonyl (C=O) groups excluding carboxylic acids is 3. The summed E-state index contributed by atoms with van der Waals surface area (Å²) in [4.78, 5) is 39.2. The first-order valence-electron chi connectivity index (χ1n) is 9.41. The molecule has 1 aromatic carbocycles. The van der Waals surface area contributed by atoms with Gasteiger partial charge in [-0.05, 0) is 51.0 Å². The SMILES string of the molecule is Cc1cc(C(=O)COC(=O)c2ccc3c(c2)NC(=O)[C@@H]2CCCN32)c(C)n1C. The number of rotatable bonds is 4. The van der Waals surface area contributed by atoms with Crippen molar-refractivity contribution in [1.29, 1.82) is 0 Å². The highest BCUT2D eigenvalue weighted by Gasteiger charge is 2.36. The summed E-state index contributed by atoms with van der Waals surface area (Å²) in [7, 11) is 1.89. The maximum absolute atomic E-state index is 12.4. The molecular formula is C21H23N3O4. The minimum Gasteiger partial charge on any atom is -0.454 e. The van der Waals surface area contributed by atoms with Gasteiger partial charge in [-0.2, -0.15) is 0 Å². The molecule has 0 spiro atoms. The molecule has 1 aromatic heterocycles. The first-order valence-corrected chi connectivity index (χ1v) is 9.41. The van der Waals surface area contributed by atoms with Gasteiger partial charge in [0.15, 0.2) is 6.61 Å². The van der Waals surface area contributed by atoms with E-state index in [1.807, 2.05) is 31.5 Å². The van der Waals surface area contributed by atoms with Crippen LogP contribution in [0.4, 0.5) is 11.4 Å². The number of aromatic nitrogens is 1. The monoisotopic (exact) mass is 381 g/mol. The van der Waals surface area contributed by atoms with Crippen LogP contribution in [0, 0.1) is 13.8 Å². The van der Waals surface area contributed by atoms with Crippen molar-refractivity contribution in [1.82, 2.24) is 4.57 Å². The quantitative estimate of drug-likeness (QED) is 0.650. The van der Waals surface area contributed by atoms with Gasteiger partial charge in [-0.3, -0.25) is 9.59 Å². The van der Waals surface area contributed by atoms with Crippen LogP contribution in [0.3, 0.4) is 0 Å². The van der Waals surface area contributed by atoms with Gasteiger partial charge in [-0.15, -0.1) is 0 Å². The molecule has 0 unspecified atom stereocenters. The van der Waals surface area contributed by atoms with Crippen molar-refractivity contribution in [2.75, 3.05) is 23.4 Å². The molecule has 2 aromatic rings. The predicted molar refractivity (Wildman–Crippen MR) is 105 cm³/mol. The molecule has 3 heterocycles. The summed E-state index contributed by atoms with van der Waals surface area (Å²) in [5.41, 5.74) is 4.22. The number of ketones is 1. The van der Waals surface area contributed by atoms with Crippen LogP contribution in [0.2, 0.25) is 0 Å². The Morgan fingerprint density at radius 3 is 2.75 bits per heavy atom. The first kappa shape index (κ1) is 18.3. The Morgan fingerprint density at radius 2 is 2.04 bits per heavy atom. The zero-order valence-corrected chi connectivity index (χ0v) is 16.2. The van der Waals surface area contributed by atoms with Crippen LogP contribution in [-0.4, -0.2) is 41.4 Å². The van der Waals surface area contributed by atoms with Gasteiger partial charge in [0.1, 0.15) is 6.04 Å². The number of hydrogen-bond donors (Lipinski definition) is 1. The molecule has 0 aliphatic carbocycles. The fourth-order valence-electron chi connectivity index (χ4n) is 3.99. The van der Waals surface area contributed by atoms with Gasteiger partial charge in [-0.1, -0.05) is 0 Å². The largest absolute Gasteiger partial charge is 0.454 e. The average Bonchev–Trinajstić information content (AvgIpc) is 3.27. The van der Waals surface area contributed by atoms with Crippen LogP contribution >= 0.6 is 0 Å². The van der Waals surface area contributed by atoms with E-state index in [-0.39, 0.29) is 24.3 Å². The molecule has 0 saturated carbocycles. The number of nitrogens with zero attached hydrogens (tertiary/aromatic N) is 2. The van der Waals surface area contributed by atoms with Gasteiger partial charge in [0.2, 0.25) is 11.7 Å². The van der Waals surface area contributed by atoms with Crippen LogP contribution in [0.5, 0.6) is 0 Å². The van der Waals surface area contributed by atoms with E-state index in [0.717, 1.165) is 36.5 Å². The average molecular weight is 381 g/mol. The molecule has 1 fully saturated rings. The Bertz CT molecular complexity index is 992. The van der Waals surface area contributed by atoms with Crippen LogP contribution in [0.1, 0.15) is 44.9 Å². The number of Topliss-reactive ketones (excluding diaryl/α,β-unsaturated/α-hetero) is 1. The third kappa shape index (κ3) is 2.96. The lowest BCUT2D eigenvalue weighted by Crippen LogP contribution is -2.43. The van der Waals surface area contributed by atoms with Crippen molar-refractivity contribution < 1.29 is 19.1 Å². The molecule has 146 valence electrons. The van der Waals surface area contributed by atoms with Crippen LogP contribution in [0.25, 0.3) is 0 Å². The van der Waals surface area contributed by atoms with Crippen molar-refractivity contribution in [3.05, 3.63) is 46.8 Å². The predicted octanol–water partition coefficient (Wildman–Crippen LogP) is 2.60. The number of benzene rings is 1. The van der Waals surface area contributed by atoms with Gasteiger partial charge in [0, 0.05) is 30.5 Å². The molecule has 1 atom stereocenters. The number of esters is 1.